The maximum Gasteiger partial charge on any atom is 0.222 e. The van der Waals surface area contributed by atoms with E-state index in [0.29, 0.717) is 18.2 Å². The molecule has 0 fully saturated rings. The van der Waals surface area contributed by atoms with Crippen LogP contribution in [0.4, 0.5) is 5.88 Å². The monoisotopic (exact) mass is 294 g/mol. The van der Waals surface area contributed by atoms with E-state index in [0.717, 1.165) is 23.3 Å². The summed E-state index contributed by atoms with van der Waals surface area (Å²) in [5.41, 5.74) is 9.55. The Bertz CT molecular complexity index is 751. The molecule has 22 heavy (non-hydrogen) atoms. The molecule has 1 heterocycles. The van der Waals surface area contributed by atoms with Crippen molar-refractivity contribution in [1.29, 1.82) is 0 Å². The summed E-state index contributed by atoms with van der Waals surface area (Å²) in [5.74, 6) is 1.07. The molecule has 0 aliphatic rings. The summed E-state index contributed by atoms with van der Waals surface area (Å²) in [4.78, 5) is 0. The molecule has 2 aromatic carbocycles. The summed E-state index contributed by atoms with van der Waals surface area (Å²) < 4.78 is 10.9. The van der Waals surface area contributed by atoms with E-state index < -0.39 is 0 Å². The molecule has 0 radical (unpaired) electrons. The first kappa shape index (κ1) is 14.2. The molecule has 0 saturated carbocycles. The van der Waals surface area contributed by atoms with Crippen LogP contribution in [-0.4, -0.2) is 5.16 Å². The van der Waals surface area contributed by atoms with Crippen LogP contribution in [-0.2, 0) is 13.0 Å². The van der Waals surface area contributed by atoms with Gasteiger partial charge in [-0.15, -0.1) is 0 Å². The lowest BCUT2D eigenvalue weighted by atomic mass is 10.1. The lowest BCUT2D eigenvalue weighted by Crippen LogP contribution is -1.97. The molecule has 4 nitrogen and oxygen atoms in total. The van der Waals surface area contributed by atoms with Crippen molar-refractivity contribution >= 4 is 5.88 Å². The van der Waals surface area contributed by atoms with Crippen molar-refractivity contribution < 1.29 is 9.26 Å². The van der Waals surface area contributed by atoms with Gasteiger partial charge in [0.05, 0.1) is 0 Å². The van der Waals surface area contributed by atoms with Crippen LogP contribution in [0.3, 0.4) is 0 Å². The minimum Gasteiger partial charge on any atom is -0.488 e. The second-order valence-corrected chi connectivity index (χ2v) is 5.07. The van der Waals surface area contributed by atoms with E-state index in [2.05, 4.69) is 24.2 Å². The molecule has 4 heteroatoms. The molecule has 0 saturated heterocycles. The molecule has 0 amide bonds. The summed E-state index contributed by atoms with van der Waals surface area (Å²) in [7, 11) is 0. The van der Waals surface area contributed by atoms with Crippen LogP contribution in [0.1, 0.15) is 18.1 Å². The highest BCUT2D eigenvalue weighted by atomic mass is 16.5. The minimum atomic E-state index is 0.297. The third-order valence-electron chi connectivity index (χ3n) is 3.49. The van der Waals surface area contributed by atoms with Crippen LogP contribution in [0.2, 0.25) is 0 Å². The molecule has 3 aromatic rings. The zero-order valence-electron chi connectivity index (χ0n) is 12.5. The SMILES string of the molecule is CCc1ccc(OCc2ccccc2)c(-c2cc(N)on2)c1. The Kier molecular flexibility index (Phi) is 4.10. The number of ether oxygens (including phenoxy) is 1. The molecule has 2 N–H and O–H groups in total. The molecule has 0 aliphatic carbocycles. The normalized spacial score (nSPS) is 10.6. The Morgan fingerprint density at radius 1 is 1.05 bits per heavy atom. The zero-order chi connectivity index (χ0) is 15.4. The highest BCUT2D eigenvalue weighted by Crippen LogP contribution is 2.32. The van der Waals surface area contributed by atoms with E-state index in [9.17, 15) is 0 Å². The summed E-state index contributed by atoms with van der Waals surface area (Å²) in [6, 6.07) is 17.9. The van der Waals surface area contributed by atoms with Crippen molar-refractivity contribution in [2.75, 3.05) is 5.73 Å². The van der Waals surface area contributed by atoms with Crippen LogP contribution < -0.4 is 10.5 Å². The number of hydrogen-bond acceptors (Lipinski definition) is 4. The van der Waals surface area contributed by atoms with Crippen molar-refractivity contribution in [3.05, 3.63) is 65.7 Å². The molecule has 0 unspecified atom stereocenters. The summed E-state index contributed by atoms with van der Waals surface area (Å²) in [5, 5.41) is 4.00. The maximum atomic E-state index is 5.96. The highest BCUT2D eigenvalue weighted by molar-refractivity contribution is 5.69. The Morgan fingerprint density at radius 2 is 1.86 bits per heavy atom. The first-order valence-corrected chi connectivity index (χ1v) is 7.28. The lowest BCUT2D eigenvalue weighted by Gasteiger charge is -2.11. The fraction of sp³-hybridized carbons (Fsp3) is 0.167. The smallest absolute Gasteiger partial charge is 0.222 e. The number of nitrogens with two attached hydrogens (primary N) is 1. The predicted molar refractivity (Wildman–Crippen MR) is 86.5 cm³/mol. The minimum absolute atomic E-state index is 0.297. The van der Waals surface area contributed by atoms with Gasteiger partial charge in [0.2, 0.25) is 5.88 Å². The number of nitrogen functional groups attached to an aromatic ring is 1. The van der Waals surface area contributed by atoms with E-state index in [1.54, 1.807) is 6.07 Å². The van der Waals surface area contributed by atoms with E-state index in [4.69, 9.17) is 15.0 Å². The Labute approximate surface area is 129 Å². The van der Waals surface area contributed by atoms with Crippen LogP contribution in [0.25, 0.3) is 11.3 Å². The average molecular weight is 294 g/mol. The molecular formula is C18H18N2O2. The Balaban J connectivity index is 1.89. The second kappa shape index (κ2) is 6.35. The van der Waals surface area contributed by atoms with Crippen molar-refractivity contribution in [3.63, 3.8) is 0 Å². The highest BCUT2D eigenvalue weighted by Gasteiger charge is 2.12. The van der Waals surface area contributed by atoms with Gasteiger partial charge in [-0.05, 0) is 29.7 Å². The third-order valence-corrected chi connectivity index (χ3v) is 3.49. The fourth-order valence-electron chi connectivity index (χ4n) is 2.27. The van der Waals surface area contributed by atoms with Gasteiger partial charge in [0.1, 0.15) is 18.1 Å². The molecule has 1 aromatic heterocycles. The number of aryl methyl sites for hydroxylation is 1. The predicted octanol–water partition coefficient (Wildman–Crippen LogP) is 4.07. The van der Waals surface area contributed by atoms with Gasteiger partial charge < -0.3 is 15.0 Å². The van der Waals surface area contributed by atoms with Gasteiger partial charge in [0.25, 0.3) is 0 Å². The van der Waals surface area contributed by atoms with Gasteiger partial charge >= 0.3 is 0 Å². The topological polar surface area (TPSA) is 61.3 Å². The second-order valence-electron chi connectivity index (χ2n) is 5.07. The van der Waals surface area contributed by atoms with Gasteiger partial charge in [0.15, 0.2) is 0 Å². The van der Waals surface area contributed by atoms with E-state index in [1.165, 1.54) is 5.56 Å². The van der Waals surface area contributed by atoms with Crippen LogP contribution >= 0.6 is 0 Å². The summed E-state index contributed by atoms with van der Waals surface area (Å²) >= 11 is 0. The van der Waals surface area contributed by atoms with Crippen molar-refractivity contribution in [1.82, 2.24) is 5.16 Å². The van der Waals surface area contributed by atoms with Gasteiger partial charge in [-0.3, -0.25) is 0 Å². The van der Waals surface area contributed by atoms with E-state index >= 15 is 0 Å². The van der Waals surface area contributed by atoms with Crippen LogP contribution in [0.15, 0.2) is 59.1 Å². The van der Waals surface area contributed by atoms with Gasteiger partial charge in [-0.2, -0.15) is 0 Å². The average Bonchev–Trinajstić information content (AvgIpc) is 3.00. The van der Waals surface area contributed by atoms with Gasteiger partial charge in [-0.1, -0.05) is 48.5 Å². The number of aromatic nitrogens is 1. The lowest BCUT2D eigenvalue weighted by molar-refractivity contribution is 0.307. The summed E-state index contributed by atoms with van der Waals surface area (Å²) in [6.07, 6.45) is 0.944. The molecule has 3 rings (SSSR count). The first-order chi connectivity index (χ1) is 10.8. The summed E-state index contributed by atoms with van der Waals surface area (Å²) in [6.45, 7) is 2.62. The first-order valence-electron chi connectivity index (χ1n) is 7.28. The maximum absolute atomic E-state index is 5.96. The molecule has 0 spiro atoms. The van der Waals surface area contributed by atoms with Crippen molar-refractivity contribution in [2.45, 2.75) is 20.0 Å². The number of hydrogen-bond donors (Lipinski definition) is 1. The van der Waals surface area contributed by atoms with E-state index in [1.807, 2.05) is 36.4 Å². The molecule has 0 aliphatic heterocycles. The third kappa shape index (κ3) is 3.11. The molecule has 112 valence electrons. The number of nitrogens with zero attached hydrogens (tertiary/aromatic N) is 1. The van der Waals surface area contributed by atoms with Crippen molar-refractivity contribution in [3.8, 4) is 17.0 Å². The van der Waals surface area contributed by atoms with Gasteiger partial charge in [-0.25, -0.2) is 0 Å². The molecular weight excluding hydrogens is 276 g/mol. The van der Waals surface area contributed by atoms with Crippen molar-refractivity contribution in [2.24, 2.45) is 0 Å². The largest absolute Gasteiger partial charge is 0.488 e. The zero-order valence-corrected chi connectivity index (χ0v) is 12.5. The molecule has 0 atom stereocenters. The standard InChI is InChI=1S/C18H18N2O2/c1-2-13-8-9-17(21-12-14-6-4-3-5-7-14)15(10-13)16-11-18(19)22-20-16/h3-11H,2,12,19H2,1H3. The van der Waals surface area contributed by atoms with E-state index in [-0.39, 0.29) is 0 Å². The van der Waals surface area contributed by atoms with Gasteiger partial charge in [0, 0.05) is 11.6 Å². The van der Waals surface area contributed by atoms with Crippen LogP contribution in [0, 0.1) is 0 Å². The Hall–Kier alpha value is -2.75. The Morgan fingerprint density at radius 3 is 2.55 bits per heavy atom. The number of benzene rings is 2. The molecule has 0 bridgehead atoms. The van der Waals surface area contributed by atoms with Crippen LogP contribution in [0.5, 0.6) is 5.75 Å². The number of anilines is 1. The number of rotatable bonds is 5. The fourth-order valence-corrected chi connectivity index (χ4v) is 2.27. The quantitative estimate of drug-likeness (QED) is 0.770.